The van der Waals surface area contributed by atoms with E-state index in [4.69, 9.17) is 0 Å². The van der Waals surface area contributed by atoms with Crippen molar-refractivity contribution in [3.05, 3.63) is 32.8 Å². The van der Waals surface area contributed by atoms with E-state index < -0.39 is 0 Å². The molecule has 1 aliphatic carbocycles. The second-order valence-electron chi connectivity index (χ2n) is 5.07. The molecule has 2 rings (SSSR count). The number of rotatable bonds is 1. The molecule has 1 unspecified atom stereocenters. The number of fused-ring (bicyclic) bond motifs is 1. The molecule has 16 heavy (non-hydrogen) atoms. The van der Waals surface area contributed by atoms with Crippen molar-refractivity contribution in [2.24, 2.45) is 5.92 Å². The molecule has 1 nitrogen and oxygen atoms in total. The second kappa shape index (κ2) is 3.99. The fourth-order valence-corrected chi connectivity index (χ4v) is 3.45. The van der Waals surface area contributed by atoms with Crippen molar-refractivity contribution in [3.8, 4) is 0 Å². The van der Waals surface area contributed by atoms with Gasteiger partial charge in [-0.05, 0) is 51.9 Å². The molecule has 0 aliphatic heterocycles. The number of carbonyl (C=O) groups excluding carboxylic acids is 1. The summed E-state index contributed by atoms with van der Waals surface area (Å²) in [4.78, 5) is 12.1. The highest BCUT2D eigenvalue weighted by Crippen LogP contribution is 2.38. The average molecular weight is 281 g/mol. The number of benzene rings is 1. The Labute approximate surface area is 105 Å². The Hall–Kier alpha value is -0.630. The third-order valence-corrected chi connectivity index (χ3v) is 4.30. The van der Waals surface area contributed by atoms with Crippen LogP contribution in [0.2, 0.25) is 0 Å². The lowest BCUT2D eigenvalue weighted by Gasteiger charge is -2.14. The van der Waals surface area contributed by atoms with Gasteiger partial charge in [0.15, 0.2) is 5.78 Å². The maximum absolute atomic E-state index is 12.1. The molecule has 0 amide bonds. The lowest BCUT2D eigenvalue weighted by atomic mass is 9.94. The van der Waals surface area contributed by atoms with E-state index in [1.54, 1.807) is 0 Å². The number of carbonyl (C=O) groups is 1. The third-order valence-electron chi connectivity index (χ3n) is 3.45. The number of Topliss-reactive ketones (excluding diaryl/α,β-unsaturated/α-hetero) is 1. The molecule has 0 fully saturated rings. The van der Waals surface area contributed by atoms with Crippen LogP contribution >= 0.6 is 15.9 Å². The van der Waals surface area contributed by atoms with E-state index in [-0.39, 0.29) is 5.92 Å². The molecular formula is C14H17BrO. The smallest absolute Gasteiger partial charge is 0.167 e. The third kappa shape index (κ3) is 1.64. The van der Waals surface area contributed by atoms with Gasteiger partial charge >= 0.3 is 0 Å². The fourth-order valence-electron chi connectivity index (χ4n) is 2.44. The van der Waals surface area contributed by atoms with Crippen molar-refractivity contribution < 1.29 is 4.79 Å². The van der Waals surface area contributed by atoms with Crippen LogP contribution in [0.15, 0.2) is 10.5 Å². The first kappa shape index (κ1) is 11.8. The summed E-state index contributed by atoms with van der Waals surface area (Å²) in [7, 11) is 0. The quantitative estimate of drug-likeness (QED) is 0.751. The van der Waals surface area contributed by atoms with Crippen LogP contribution in [-0.4, -0.2) is 5.78 Å². The number of aryl methyl sites for hydroxylation is 1. The van der Waals surface area contributed by atoms with E-state index in [1.807, 2.05) is 6.92 Å². The van der Waals surface area contributed by atoms with Crippen molar-refractivity contribution in [1.29, 1.82) is 0 Å². The summed E-state index contributed by atoms with van der Waals surface area (Å²) in [6.07, 6.45) is 0.900. The summed E-state index contributed by atoms with van der Waals surface area (Å²) in [5.41, 5.74) is 4.70. The number of hydrogen-bond acceptors (Lipinski definition) is 1. The van der Waals surface area contributed by atoms with Gasteiger partial charge in [-0.2, -0.15) is 0 Å². The predicted octanol–water partition coefficient (Wildman–Crippen LogP) is 4.26. The van der Waals surface area contributed by atoms with Crippen LogP contribution in [0.25, 0.3) is 0 Å². The molecule has 2 heteroatoms. The van der Waals surface area contributed by atoms with Crippen LogP contribution in [0, 0.1) is 12.8 Å². The van der Waals surface area contributed by atoms with Gasteiger partial charge in [-0.15, -0.1) is 0 Å². The zero-order chi connectivity index (χ0) is 12.0. The normalized spacial score (nSPS) is 19.4. The first-order valence-electron chi connectivity index (χ1n) is 5.79. The van der Waals surface area contributed by atoms with Crippen LogP contribution < -0.4 is 0 Å². The van der Waals surface area contributed by atoms with Crippen LogP contribution in [0.1, 0.15) is 53.7 Å². The highest BCUT2D eigenvalue weighted by molar-refractivity contribution is 9.10. The van der Waals surface area contributed by atoms with Crippen molar-refractivity contribution in [2.45, 2.75) is 40.0 Å². The molecule has 86 valence electrons. The summed E-state index contributed by atoms with van der Waals surface area (Å²) in [5.74, 6) is 0.891. The van der Waals surface area contributed by atoms with Crippen LogP contribution in [-0.2, 0) is 6.42 Å². The first-order valence-corrected chi connectivity index (χ1v) is 6.58. The van der Waals surface area contributed by atoms with Gasteiger partial charge in [0.1, 0.15) is 0 Å². The second-order valence-corrected chi connectivity index (χ2v) is 5.87. The van der Waals surface area contributed by atoms with Gasteiger partial charge in [0.2, 0.25) is 0 Å². The van der Waals surface area contributed by atoms with Gasteiger partial charge in [-0.25, -0.2) is 0 Å². The highest BCUT2D eigenvalue weighted by Gasteiger charge is 2.31. The molecule has 0 heterocycles. The maximum Gasteiger partial charge on any atom is 0.167 e. The van der Waals surface area contributed by atoms with E-state index in [0.717, 1.165) is 16.5 Å². The van der Waals surface area contributed by atoms with Crippen molar-refractivity contribution in [2.75, 3.05) is 0 Å². The monoisotopic (exact) mass is 280 g/mol. The minimum Gasteiger partial charge on any atom is -0.294 e. The summed E-state index contributed by atoms with van der Waals surface area (Å²) in [6, 6.07) is 2.22. The molecule has 0 saturated carbocycles. The standard InChI is InChI=1S/C14H17BrO/c1-7(2)10-5-8(3)11-6-9(4)14(16)12(11)13(10)15/h5,7,9H,6H2,1-4H3. The molecular weight excluding hydrogens is 264 g/mol. The molecule has 1 aromatic carbocycles. The van der Waals surface area contributed by atoms with Crippen molar-refractivity contribution in [3.63, 3.8) is 0 Å². The number of ketones is 1. The van der Waals surface area contributed by atoms with Gasteiger partial charge in [-0.3, -0.25) is 4.79 Å². The number of halogens is 1. The maximum atomic E-state index is 12.1. The summed E-state index contributed by atoms with van der Waals surface area (Å²) in [5, 5.41) is 0. The van der Waals surface area contributed by atoms with Gasteiger partial charge < -0.3 is 0 Å². The molecule has 0 N–H and O–H groups in total. The lowest BCUT2D eigenvalue weighted by molar-refractivity contribution is 0.0945. The van der Waals surface area contributed by atoms with Crippen molar-refractivity contribution in [1.82, 2.24) is 0 Å². The molecule has 0 saturated heterocycles. The average Bonchev–Trinajstić information content (AvgIpc) is 2.50. The predicted molar refractivity (Wildman–Crippen MR) is 70.2 cm³/mol. The Morgan fingerprint density at radius 2 is 2.06 bits per heavy atom. The van der Waals surface area contributed by atoms with E-state index in [1.165, 1.54) is 16.7 Å². The SMILES string of the molecule is Cc1cc(C(C)C)c(Br)c2c1CC(C)C2=O. The van der Waals surface area contributed by atoms with Gasteiger partial charge in [0.05, 0.1) is 0 Å². The van der Waals surface area contributed by atoms with Gasteiger partial charge in [0, 0.05) is 16.0 Å². The summed E-state index contributed by atoms with van der Waals surface area (Å²) in [6.45, 7) is 8.45. The van der Waals surface area contributed by atoms with E-state index in [2.05, 4.69) is 42.8 Å². The Bertz CT molecular complexity index is 460. The molecule has 1 aromatic rings. The van der Waals surface area contributed by atoms with E-state index >= 15 is 0 Å². The Kier molecular flexibility index (Phi) is 2.95. The van der Waals surface area contributed by atoms with Gasteiger partial charge in [0.25, 0.3) is 0 Å². The Morgan fingerprint density at radius 3 is 2.62 bits per heavy atom. The molecule has 1 aliphatic rings. The lowest BCUT2D eigenvalue weighted by Crippen LogP contribution is -2.05. The van der Waals surface area contributed by atoms with E-state index in [0.29, 0.717) is 11.7 Å². The topological polar surface area (TPSA) is 17.1 Å². The summed E-state index contributed by atoms with van der Waals surface area (Å²) >= 11 is 3.61. The minimum absolute atomic E-state index is 0.146. The summed E-state index contributed by atoms with van der Waals surface area (Å²) < 4.78 is 1.03. The molecule has 0 bridgehead atoms. The Balaban J connectivity index is 2.70. The molecule has 0 radical (unpaired) electrons. The zero-order valence-electron chi connectivity index (χ0n) is 10.2. The van der Waals surface area contributed by atoms with Gasteiger partial charge in [-0.1, -0.05) is 26.8 Å². The first-order chi connectivity index (χ1) is 7.43. The Morgan fingerprint density at radius 1 is 1.44 bits per heavy atom. The fraction of sp³-hybridized carbons (Fsp3) is 0.500. The minimum atomic E-state index is 0.146. The molecule has 0 spiro atoms. The molecule has 1 atom stereocenters. The largest absolute Gasteiger partial charge is 0.294 e. The van der Waals surface area contributed by atoms with Crippen molar-refractivity contribution >= 4 is 21.7 Å². The molecule has 0 aromatic heterocycles. The van der Waals surface area contributed by atoms with E-state index in [9.17, 15) is 4.79 Å². The van der Waals surface area contributed by atoms with Crippen LogP contribution in [0.3, 0.4) is 0 Å². The van der Waals surface area contributed by atoms with Crippen LogP contribution in [0.5, 0.6) is 0 Å². The zero-order valence-corrected chi connectivity index (χ0v) is 11.8. The number of hydrogen-bond donors (Lipinski definition) is 0. The highest BCUT2D eigenvalue weighted by atomic mass is 79.9. The van der Waals surface area contributed by atoms with Crippen LogP contribution in [0.4, 0.5) is 0 Å².